The highest BCUT2D eigenvalue weighted by Crippen LogP contribution is 2.43. The number of aliphatic hydroxyl groups excluding tert-OH is 6. The van der Waals surface area contributed by atoms with Crippen molar-refractivity contribution in [3.05, 3.63) is 17.2 Å². The van der Waals surface area contributed by atoms with Gasteiger partial charge in [-0.3, -0.25) is 0 Å². The monoisotopic (exact) mass is 564 g/mol. The first-order valence-corrected chi connectivity index (χ1v) is 12.5. The van der Waals surface area contributed by atoms with Gasteiger partial charge in [0.1, 0.15) is 42.2 Å². The van der Waals surface area contributed by atoms with E-state index in [1.54, 1.807) is 0 Å². The van der Waals surface area contributed by atoms with Crippen LogP contribution < -0.4 is 4.74 Å². The molecule has 3 rings (SSSR count). The minimum Gasteiger partial charge on any atom is -0.504 e. The van der Waals surface area contributed by atoms with Crippen LogP contribution in [0.25, 0.3) is 0 Å². The van der Waals surface area contributed by atoms with Crippen molar-refractivity contribution in [3.8, 4) is 17.2 Å². The summed E-state index contributed by atoms with van der Waals surface area (Å²) in [6, 6.07) is 0.860. The zero-order valence-electron chi connectivity index (χ0n) is 21.2. The van der Waals surface area contributed by atoms with Gasteiger partial charge in [-0.1, -0.05) is 19.8 Å². The zero-order chi connectivity index (χ0) is 29.1. The van der Waals surface area contributed by atoms with Crippen LogP contribution in [0.15, 0.2) is 6.07 Å². The summed E-state index contributed by atoms with van der Waals surface area (Å²) in [5.41, 5.74) is -2.59. The van der Waals surface area contributed by atoms with Gasteiger partial charge in [0.2, 0.25) is 12.0 Å². The van der Waals surface area contributed by atoms with Crippen molar-refractivity contribution < 1.29 is 74.8 Å². The van der Waals surface area contributed by atoms with Crippen LogP contribution in [0.3, 0.4) is 0 Å². The normalized spacial score (nSPS) is 34.8. The van der Waals surface area contributed by atoms with Gasteiger partial charge in [-0.15, -0.1) is 0 Å². The molecule has 2 aliphatic rings. The van der Waals surface area contributed by atoms with E-state index >= 15 is 0 Å². The number of aromatic hydroxyl groups is 2. The largest absolute Gasteiger partial charge is 0.504 e. The predicted molar refractivity (Wildman–Crippen MR) is 127 cm³/mol. The van der Waals surface area contributed by atoms with Gasteiger partial charge in [0.15, 0.2) is 17.8 Å². The van der Waals surface area contributed by atoms with E-state index in [1.807, 2.05) is 6.92 Å². The number of unbranched alkanes of at least 4 members (excludes halogenated alkanes) is 2. The van der Waals surface area contributed by atoms with Gasteiger partial charge in [-0.2, -0.15) is 0 Å². The fraction of sp³-hybridized carbons (Fsp3) is 0.708. The molecule has 2 aliphatic heterocycles. The van der Waals surface area contributed by atoms with Crippen molar-refractivity contribution in [2.75, 3.05) is 19.8 Å². The lowest BCUT2D eigenvalue weighted by molar-refractivity contribution is -0.290. The van der Waals surface area contributed by atoms with Gasteiger partial charge in [0, 0.05) is 5.56 Å². The molecule has 2 fully saturated rings. The fourth-order valence-corrected chi connectivity index (χ4v) is 4.56. The minimum atomic E-state index is -2.24. The van der Waals surface area contributed by atoms with Gasteiger partial charge < -0.3 is 70.0 Å². The Bertz CT molecular complexity index is 989. The second-order valence-corrected chi connectivity index (χ2v) is 9.60. The average Bonchev–Trinajstić information content (AvgIpc) is 3.16. The standard InChI is InChI=1S/C24H36O15/c1-2-3-4-5-10-11(21(33)34)6-12(27)15(28)19(10)39-22-18(31)17(30)16(29)13(37-22)8-36-23-20(32)24(35,9-26)14(7-25)38-23/h6,13-14,16-18,20,22-23,25-32,35H,2-5,7-9H2,1H3,(H,33,34)/t13-,14-,16-,17+,18-,20+,22-,23+,24-/m1/s1. The van der Waals surface area contributed by atoms with Gasteiger partial charge in [-0.25, -0.2) is 4.79 Å². The van der Waals surface area contributed by atoms with Crippen LogP contribution in [0.1, 0.15) is 42.1 Å². The molecule has 0 aromatic heterocycles. The third-order valence-corrected chi connectivity index (χ3v) is 6.97. The molecule has 9 atom stereocenters. The summed E-state index contributed by atoms with van der Waals surface area (Å²) in [5, 5.41) is 101. The second kappa shape index (κ2) is 12.9. The van der Waals surface area contributed by atoms with E-state index in [0.29, 0.717) is 12.8 Å². The van der Waals surface area contributed by atoms with Crippen LogP contribution in [-0.2, 0) is 20.6 Å². The third-order valence-electron chi connectivity index (χ3n) is 6.97. The summed E-state index contributed by atoms with van der Waals surface area (Å²) >= 11 is 0. The number of rotatable bonds is 12. The summed E-state index contributed by atoms with van der Waals surface area (Å²) < 4.78 is 21.7. The van der Waals surface area contributed by atoms with Crippen LogP contribution in [0.4, 0.5) is 0 Å². The third kappa shape index (κ3) is 6.22. The van der Waals surface area contributed by atoms with E-state index in [4.69, 9.17) is 18.9 Å². The number of benzene rings is 1. The van der Waals surface area contributed by atoms with Gasteiger partial charge in [0.05, 0.1) is 25.4 Å². The summed E-state index contributed by atoms with van der Waals surface area (Å²) in [5.74, 6) is -3.54. The second-order valence-electron chi connectivity index (χ2n) is 9.60. The molecule has 1 aromatic carbocycles. The smallest absolute Gasteiger partial charge is 0.336 e. The molecule has 0 aliphatic carbocycles. The predicted octanol–water partition coefficient (Wildman–Crippen LogP) is -2.47. The first kappa shape index (κ1) is 31.2. The quantitative estimate of drug-likeness (QED) is 0.0932. The lowest BCUT2D eigenvalue weighted by atomic mass is 9.94. The van der Waals surface area contributed by atoms with Crippen LogP contribution in [0, 0.1) is 0 Å². The Morgan fingerprint density at radius 3 is 2.28 bits per heavy atom. The molecule has 0 bridgehead atoms. The van der Waals surface area contributed by atoms with E-state index in [0.717, 1.165) is 12.5 Å². The van der Waals surface area contributed by atoms with Crippen molar-refractivity contribution >= 4 is 5.97 Å². The van der Waals surface area contributed by atoms with E-state index in [2.05, 4.69) is 0 Å². The van der Waals surface area contributed by atoms with Gasteiger partial charge >= 0.3 is 5.97 Å². The molecule has 2 heterocycles. The van der Waals surface area contributed by atoms with Crippen molar-refractivity contribution in [1.82, 2.24) is 0 Å². The van der Waals surface area contributed by atoms with Crippen molar-refractivity contribution in [2.45, 2.75) is 87.4 Å². The van der Waals surface area contributed by atoms with Gasteiger partial charge in [-0.05, 0) is 18.9 Å². The number of phenols is 2. The number of aliphatic hydroxyl groups is 7. The van der Waals surface area contributed by atoms with Crippen LogP contribution >= 0.6 is 0 Å². The molecule has 0 radical (unpaired) electrons. The number of carboxylic acid groups (broad SMARTS) is 1. The molecule has 222 valence electrons. The molecule has 39 heavy (non-hydrogen) atoms. The van der Waals surface area contributed by atoms with Gasteiger partial charge in [0.25, 0.3) is 0 Å². The highest BCUT2D eigenvalue weighted by Gasteiger charge is 2.56. The van der Waals surface area contributed by atoms with E-state index < -0.39 is 97.8 Å². The van der Waals surface area contributed by atoms with Crippen LogP contribution in [0.5, 0.6) is 17.2 Å². The van der Waals surface area contributed by atoms with Crippen LogP contribution in [-0.4, -0.2) is 132 Å². The van der Waals surface area contributed by atoms with Crippen molar-refractivity contribution in [2.24, 2.45) is 0 Å². The van der Waals surface area contributed by atoms with E-state index in [1.165, 1.54) is 0 Å². The number of hydrogen-bond donors (Lipinski definition) is 10. The summed E-state index contributed by atoms with van der Waals surface area (Å²) in [6.45, 7) is -0.421. The Hall–Kier alpha value is -2.31. The lowest BCUT2D eigenvalue weighted by Crippen LogP contribution is -2.60. The maximum atomic E-state index is 11.8. The van der Waals surface area contributed by atoms with Crippen LogP contribution in [0.2, 0.25) is 0 Å². The molecule has 15 nitrogen and oxygen atoms in total. The highest BCUT2D eigenvalue weighted by atomic mass is 16.7. The molecule has 0 spiro atoms. The Morgan fingerprint density at radius 2 is 1.72 bits per heavy atom. The van der Waals surface area contributed by atoms with E-state index in [9.17, 15) is 55.9 Å². The molecule has 2 saturated heterocycles. The first-order valence-electron chi connectivity index (χ1n) is 12.5. The van der Waals surface area contributed by atoms with E-state index in [-0.39, 0.29) is 17.5 Å². The molecular formula is C24H36O15. The number of phenolic OH excluding ortho intramolecular Hbond substituents is 2. The first-order chi connectivity index (χ1) is 18.4. The summed E-state index contributed by atoms with van der Waals surface area (Å²) in [4.78, 5) is 11.8. The Morgan fingerprint density at radius 1 is 1.03 bits per heavy atom. The number of ether oxygens (including phenoxy) is 4. The Labute approximate surface area is 223 Å². The molecule has 10 N–H and O–H groups in total. The molecule has 0 saturated carbocycles. The summed E-state index contributed by atoms with van der Waals surface area (Å²) in [6.07, 6.45) is -11.5. The molecule has 1 aromatic rings. The molecule has 0 amide bonds. The Kier molecular flexibility index (Phi) is 10.3. The average molecular weight is 565 g/mol. The Balaban J connectivity index is 1.82. The number of carboxylic acids is 1. The maximum absolute atomic E-state index is 11.8. The minimum absolute atomic E-state index is 0.0104. The van der Waals surface area contributed by atoms with Crippen molar-refractivity contribution in [3.63, 3.8) is 0 Å². The lowest BCUT2D eigenvalue weighted by Gasteiger charge is -2.40. The maximum Gasteiger partial charge on any atom is 0.336 e. The number of carbonyl (C=O) groups is 1. The summed E-state index contributed by atoms with van der Waals surface area (Å²) in [7, 11) is 0. The molecular weight excluding hydrogens is 528 g/mol. The fourth-order valence-electron chi connectivity index (χ4n) is 4.56. The highest BCUT2D eigenvalue weighted by molar-refractivity contribution is 5.91. The van der Waals surface area contributed by atoms with Crippen molar-refractivity contribution in [1.29, 1.82) is 0 Å². The zero-order valence-corrected chi connectivity index (χ0v) is 21.2. The SMILES string of the molecule is CCCCCc1c(C(=O)O)cc(O)c(O)c1O[C@H]1O[C@H](CO[C@H]2O[C@H](CO)[C@](O)(CO)[C@H]2O)[C@@H](O)[C@H](O)[C@H]1O. The number of hydrogen-bond acceptors (Lipinski definition) is 14. The molecule has 15 heteroatoms. The number of aromatic carboxylic acids is 1. The topological polar surface area (TPSA) is 256 Å². The molecule has 0 unspecified atom stereocenters.